The maximum Gasteiger partial charge on any atom is 0.416 e. The predicted molar refractivity (Wildman–Crippen MR) is 94.6 cm³/mol. The normalized spacial score (nSPS) is 11.5. The molecule has 140 valence electrons. The van der Waals surface area contributed by atoms with Crippen LogP contribution in [-0.4, -0.2) is 16.5 Å². The standard InChI is InChI=1S/C16H19F3N6O/c1-9(2)6-7-21-14-15(23-12(20)13(24-14)25-26)22-11-5-3-4-10(8-11)16(17,18)19/h3-5,8-9H,6-7H2,1-2H3,(H,21,24)(H3,20,22,23). The van der Waals surface area contributed by atoms with Gasteiger partial charge in [0.15, 0.2) is 17.5 Å². The van der Waals surface area contributed by atoms with Crippen molar-refractivity contribution in [3.8, 4) is 0 Å². The molecular weight excluding hydrogens is 349 g/mol. The number of rotatable bonds is 7. The van der Waals surface area contributed by atoms with Crippen molar-refractivity contribution in [3.63, 3.8) is 0 Å². The number of benzene rings is 1. The monoisotopic (exact) mass is 368 g/mol. The van der Waals surface area contributed by atoms with E-state index in [0.29, 0.717) is 12.5 Å². The number of nitrogen functional groups attached to an aromatic ring is 1. The molecule has 1 heterocycles. The van der Waals surface area contributed by atoms with Gasteiger partial charge in [-0.3, -0.25) is 0 Å². The number of nitrogens with two attached hydrogens (primary N) is 1. The van der Waals surface area contributed by atoms with E-state index in [0.717, 1.165) is 18.6 Å². The van der Waals surface area contributed by atoms with Gasteiger partial charge in [0.05, 0.1) is 5.56 Å². The lowest BCUT2D eigenvalue weighted by molar-refractivity contribution is -0.137. The summed E-state index contributed by atoms with van der Waals surface area (Å²) in [5.41, 5.74) is 4.97. The third kappa shape index (κ3) is 5.04. The number of nitrogens with zero attached hydrogens (tertiary/aromatic N) is 3. The number of alkyl halides is 3. The summed E-state index contributed by atoms with van der Waals surface area (Å²) in [5, 5.41) is 8.46. The van der Waals surface area contributed by atoms with Crippen molar-refractivity contribution in [2.24, 2.45) is 11.1 Å². The smallest absolute Gasteiger partial charge is 0.380 e. The molecule has 26 heavy (non-hydrogen) atoms. The molecule has 0 bridgehead atoms. The summed E-state index contributed by atoms with van der Waals surface area (Å²) < 4.78 is 38.6. The van der Waals surface area contributed by atoms with Gasteiger partial charge in [-0.2, -0.15) is 13.2 Å². The molecule has 0 amide bonds. The molecule has 7 nitrogen and oxygen atoms in total. The molecule has 0 aliphatic rings. The molecule has 2 aromatic rings. The molecule has 0 radical (unpaired) electrons. The van der Waals surface area contributed by atoms with Gasteiger partial charge in [0.25, 0.3) is 0 Å². The molecule has 2 rings (SSSR count). The van der Waals surface area contributed by atoms with E-state index < -0.39 is 11.7 Å². The van der Waals surface area contributed by atoms with Crippen LogP contribution in [0.15, 0.2) is 29.4 Å². The fraction of sp³-hybridized carbons (Fsp3) is 0.375. The van der Waals surface area contributed by atoms with Gasteiger partial charge < -0.3 is 16.4 Å². The van der Waals surface area contributed by atoms with E-state index in [1.165, 1.54) is 12.1 Å². The highest BCUT2D eigenvalue weighted by molar-refractivity contribution is 5.72. The Balaban J connectivity index is 2.32. The summed E-state index contributed by atoms with van der Waals surface area (Å²) in [4.78, 5) is 18.8. The van der Waals surface area contributed by atoms with Gasteiger partial charge in [-0.25, -0.2) is 9.97 Å². The third-order valence-electron chi connectivity index (χ3n) is 3.46. The van der Waals surface area contributed by atoms with Gasteiger partial charge in [-0.05, 0) is 35.7 Å². The Hall–Kier alpha value is -2.91. The largest absolute Gasteiger partial charge is 0.416 e. The van der Waals surface area contributed by atoms with E-state index >= 15 is 0 Å². The molecule has 0 fully saturated rings. The SMILES string of the molecule is CC(C)CCNc1nc(N=O)c(N)nc1Nc1cccc(C(F)(F)F)c1. The zero-order valence-electron chi connectivity index (χ0n) is 14.3. The number of hydrogen-bond donors (Lipinski definition) is 3. The van der Waals surface area contributed by atoms with Crippen molar-refractivity contribution < 1.29 is 13.2 Å². The van der Waals surface area contributed by atoms with Crippen molar-refractivity contribution in [1.29, 1.82) is 0 Å². The van der Waals surface area contributed by atoms with Gasteiger partial charge in [0, 0.05) is 12.2 Å². The first-order chi connectivity index (χ1) is 12.2. The lowest BCUT2D eigenvalue weighted by Crippen LogP contribution is -2.11. The summed E-state index contributed by atoms with van der Waals surface area (Å²) in [6.45, 7) is 4.61. The van der Waals surface area contributed by atoms with E-state index in [-0.39, 0.29) is 29.0 Å². The van der Waals surface area contributed by atoms with Crippen LogP contribution in [0, 0.1) is 10.8 Å². The first-order valence-corrected chi connectivity index (χ1v) is 7.89. The number of aromatic nitrogens is 2. The molecule has 1 aromatic heterocycles. The zero-order valence-corrected chi connectivity index (χ0v) is 14.3. The number of halogens is 3. The quantitative estimate of drug-likeness (QED) is 0.613. The first kappa shape index (κ1) is 19.4. The average Bonchev–Trinajstić information content (AvgIpc) is 2.56. The number of nitroso groups, excluding NO2 is 1. The predicted octanol–water partition coefficient (Wildman–Crippen LogP) is 4.68. The van der Waals surface area contributed by atoms with Gasteiger partial charge in [0.1, 0.15) is 0 Å². The Kier molecular flexibility index (Phi) is 5.96. The summed E-state index contributed by atoms with van der Waals surface area (Å²) in [7, 11) is 0. The molecule has 0 saturated heterocycles. The fourth-order valence-corrected chi connectivity index (χ4v) is 2.11. The number of nitrogens with one attached hydrogen (secondary N) is 2. The Morgan fingerprint density at radius 2 is 1.96 bits per heavy atom. The van der Waals surface area contributed by atoms with Gasteiger partial charge >= 0.3 is 6.18 Å². The Morgan fingerprint density at radius 3 is 2.58 bits per heavy atom. The topological polar surface area (TPSA) is 105 Å². The van der Waals surface area contributed by atoms with E-state index in [2.05, 4.69) is 25.8 Å². The van der Waals surface area contributed by atoms with Crippen molar-refractivity contribution in [2.75, 3.05) is 22.9 Å². The summed E-state index contributed by atoms with van der Waals surface area (Å²) in [5.74, 6) is 0.216. The second-order valence-corrected chi connectivity index (χ2v) is 6.03. The van der Waals surface area contributed by atoms with Gasteiger partial charge in [0.2, 0.25) is 5.82 Å². The van der Waals surface area contributed by atoms with Crippen molar-refractivity contribution in [1.82, 2.24) is 9.97 Å². The summed E-state index contributed by atoms with van der Waals surface area (Å²) in [6, 6.07) is 4.64. The third-order valence-corrected chi connectivity index (χ3v) is 3.46. The van der Waals surface area contributed by atoms with Crippen molar-refractivity contribution >= 4 is 29.0 Å². The molecule has 1 aromatic carbocycles. The van der Waals surface area contributed by atoms with Crippen molar-refractivity contribution in [3.05, 3.63) is 34.7 Å². The first-order valence-electron chi connectivity index (χ1n) is 7.89. The van der Waals surface area contributed by atoms with Crippen LogP contribution in [0.2, 0.25) is 0 Å². The van der Waals surface area contributed by atoms with Crippen LogP contribution in [0.25, 0.3) is 0 Å². The lowest BCUT2D eigenvalue weighted by Gasteiger charge is -2.15. The molecule has 0 aliphatic heterocycles. The number of anilines is 4. The van der Waals surface area contributed by atoms with E-state index in [1.807, 2.05) is 13.8 Å². The van der Waals surface area contributed by atoms with Crippen LogP contribution in [0.5, 0.6) is 0 Å². The molecule has 0 aliphatic carbocycles. The van der Waals surface area contributed by atoms with Crippen molar-refractivity contribution in [2.45, 2.75) is 26.4 Å². The Bertz CT molecular complexity index is 779. The zero-order chi connectivity index (χ0) is 19.3. The van der Waals surface area contributed by atoms with Crippen LogP contribution < -0.4 is 16.4 Å². The molecule has 0 atom stereocenters. The Labute approximate surface area is 148 Å². The van der Waals surface area contributed by atoms with Crippen LogP contribution in [0.1, 0.15) is 25.8 Å². The van der Waals surface area contributed by atoms with E-state index in [1.54, 1.807) is 0 Å². The second-order valence-electron chi connectivity index (χ2n) is 6.03. The maximum absolute atomic E-state index is 12.9. The summed E-state index contributed by atoms with van der Waals surface area (Å²) in [6.07, 6.45) is -3.65. The van der Waals surface area contributed by atoms with Gasteiger partial charge in [-0.1, -0.05) is 19.9 Å². The van der Waals surface area contributed by atoms with E-state index in [9.17, 15) is 18.1 Å². The molecule has 10 heteroatoms. The maximum atomic E-state index is 12.9. The lowest BCUT2D eigenvalue weighted by atomic mass is 10.1. The van der Waals surface area contributed by atoms with Gasteiger partial charge in [-0.15, -0.1) is 4.91 Å². The van der Waals surface area contributed by atoms with E-state index in [4.69, 9.17) is 5.73 Å². The van der Waals surface area contributed by atoms with Crippen LogP contribution in [0.4, 0.5) is 42.1 Å². The molecule has 0 spiro atoms. The molecule has 4 N–H and O–H groups in total. The van der Waals surface area contributed by atoms with Crippen LogP contribution >= 0.6 is 0 Å². The highest BCUT2D eigenvalue weighted by atomic mass is 19.4. The minimum Gasteiger partial charge on any atom is -0.380 e. The Morgan fingerprint density at radius 1 is 1.23 bits per heavy atom. The fourth-order valence-electron chi connectivity index (χ4n) is 2.11. The summed E-state index contributed by atoms with van der Waals surface area (Å²) >= 11 is 0. The van der Waals surface area contributed by atoms with Crippen LogP contribution in [0.3, 0.4) is 0 Å². The molecular formula is C16H19F3N6O. The highest BCUT2D eigenvalue weighted by Gasteiger charge is 2.30. The minimum atomic E-state index is -4.47. The highest BCUT2D eigenvalue weighted by Crippen LogP contribution is 2.33. The minimum absolute atomic E-state index is 0.109. The van der Waals surface area contributed by atoms with Crippen LogP contribution in [-0.2, 0) is 6.18 Å². The molecule has 0 unspecified atom stereocenters. The number of hydrogen-bond acceptors (Lipinski definition) is 7. The molecule has 0 saturated carbocycles. The second kappa shape index (κ2) is 7.98. The average molecular weight is 368 g/mol.